The molecule has 0 aliphatic rings. The van der Waals surface area contributed by atoms with Crippen molar-refractivity contribution < 1.29 is 14.4 Å². The summed E-state index contributed by atoms with van der Waals surface area (Å²) in [6.45, 7) is 0. The van der Waals surface area contributed by atoms with Gasteiger partial charge in [-0.2, -0.15) is 5.10 Å². The molecule has 0 spiro atoms. The minimum absolute atomic E-state index is 0.105. The number of rotatable bonds is 1. The maximum atomic E-state index is 12.2. The molecule has 0 aliphatic carbocycles. The molecule has 3 aromatic rings. The molecular weight excluding hydrogens is 232 g/mol. The highest BCUT2D eigenvalue weighted by molar-refractivity contribution is 5.93. The van der Waals surface area contributed by atoms with Gasteiger partial charge < -0.3 is 5.11 Å². The SMILES string of the molecule is O=C(O)c1ccc2[nH][n+]3ccccc3c(=O)c2c1. The van der Waals surface area contributed by atoms with Crippen molar-refractivity contribution >= 4 is 22.4 Å². The zero-order valence-corrected chi connectivity index (χ0v) is 9.25. The van der Waals surface area contributed by atoms with Crippen molar-refractivity contribution in [2.45, 2.75) is 0 Å². The molecule has 0 unspecified atom stereocenters. The highest BCUT2D eigenvalue weighted by atomic mass is 16.4. The number of carbonyl (C=O) groups is 1. The summed E-state index contributed by atoms with van der Waals surface area (Å²) in [5, 5.41) is 12.3. The molecule has 0 bridgehead atoms. The average Bonchev–Trinajstić information content (AvgIpc) is 2.38. The summed E-state index contributed by atoms with van der Waals surface area (Å²) in [4.78, 5) is 23.1. The third kappa shape index (κ3) is 1.45. The normalized spacial score (nSPS) is 10.9. The van der Waals surface area contributed by atoms with Crippen LogP contribution in [0.4, 0.5) is 0 Å². The van der Waals surface area contributed by atoms with Crippen molar-refractivity contribution in [3.8, 4) is 0 Å². The smallest absolute Gasteiger partial charge is 0.335 e. The van der Waals surface area contributed by atoms with Gasteiger partial charge in [-0.25, -0.2) is 4.79 Å². The highest BCUT2D eigenvalue weighted by Crippen LogP contribution is 2.10. The number of fused-ring (bicyclic) bond motifs is 2. The fourth-order valence-corrected chi connectivity index (χ4v) is 1.96. The molecule has 0 fully saturated rings. The lowest BCUT2D eigenvalue weighted by atomic mass is 10.1. The van der Waals surface area contributed by atoms with Crippen LogP contribution in [0.2, 0.25) is 0 Å². The van der Waals surface area contributed by atoms with Crippen LogP contribution in [0.25, 0.3) is 16.4 Å². The Morgan fingerprint density at radius 1 is 1.22 bits per heavy atom. The van der Waals surface area contributed by atoms with Gasteiger partial charge in [0.2, 0.25) is 6.20 Å². The number of hydrogen-bond acceptors (Lipinski definition) is 2. The number of pyridine rings is 1. The maximum Gasteiger partial charge on any atom is 0.335 e. The second kappa shape index (κ2) is 3.66. The number of aromatic nitrogens is 2. The van der Waals surface area contributed by atoms with Crippen LogP contribution in [0.3, 0.4) is 0 Å². The second-order valence-corrected chi connectivity index (χ2v) is 3.96. The molecule has 0 saturated carbocycles. The predicted molar refractivity (Wildman–Crippen MR) is 64.7 cm³/mol. The first kappa shape index (κ1) is 10.5. The van der Waals surface area contributed by atoms with E-state index in [1.165, 1.54) is 12.1 Å². The maximum absolute atomic E-state index is 12.2. The summed E-state index contributed by atoms with van der Waals surface area (Å²) < 4.78 is 1.62. The number of nitrogens with zero attached hydrogens (tertiary/aromatic N) is 1. The summed E-state index contributed by atoms with van der Waals surface area (Å²) in [5.74, 6) is -1.04. The van der Waals surface area contributed by atoms with Crippen molar-refractivity contribution in [2.75, 3.05) is 0 Å². The molecule has 0 radical (unpaired) electrons. The van der Waals surface area contributed by atoms with E-state index in [1.54, 1.807) is 35.0 Å². The minimum atomic E-state index is -1.04. The fourth-order valence-electron chi connectivity index (χ4n) is 1.96. The number of carboxylic acid groups (broad SMARTS) is 1. The number of nitrogens with one attached hydrogen (secondary N) is 1. The van der Waals surface area contributed by atoms with Crippen molar-refractivity contribution in [3.63, 3.8) is 0 Å². The Labute approximate surface area is 101 Å². The topological polar surface area (TPSA) is 74.3 Å². The van der Waals surface area contributed by atoms with Gasteiger partial charge in [-0.3, -0.25) is 4.79 Å². The first-order valence-electron chi connectivity index (χ1n) is 5.36. The largest absolute Gasteiger partial charge is 0.478 e. The lowest BCUT2D eigenvalue weighted by Gasteiger charge is -1.98. The fraction of sp³-hybridized carbons (Fsp3) is 0. The van der Waals surface area contributed by atoms with Crippen molar-refractivity contribution in [1.29, 1.82) is 0 Å². The number of benzene rings is 1. The molecule has 0 atom stereocenters. The minimum Gasteiger partial charge on any atom is -0.478 e. The zero-order valence-electron chi connectivity index (χ0n) is 9.25. The second-order valence-electron chi connectivity index (χ2n) is 3.96. The van der Waals surface area contributed by atoms with E-state index in [-0.39, 0.29) is 11.0 Å². The van der Waals surface area contributed by atoms with Gasteiger partial charge in [-0.05, 0) is 24.3 Å². The first-order valence-corrected chi connectivity index (χ1v) is 5.36. The molecule has 2 N–H and O–H groups in total. The predicted octanol–water partition coefficient (Wildman–Crippen LogP) is 0.965. The molecule has 3 rings (SSSR count). The van der Waals surface area contributed by atoms with Gasteiger partial charge in [0.25, 0.3) is 10.9 Å². The van der Waals surface area contributed by atoms with Gasteiger partial charge >= 0.3 is 5.97 Å². The molecule has 5 nitrogen and oxygen atoms in total. The molecule has 1 aromatic carbocycles. The molecule has 0 aliphatic heterocycles. The van der Waals surface area contributed by atoms with E-state index >= 15 is 0 Å². The molecule has 2 aromatic heterocycles. The number of aromatic carboxylic acids is 1. The van der Waals surface area contributed by atoms with E-state index in [0.29, 0.717) is 16.4 Å². The Morgan fingerprint density at radius 2 is 2.06 bits per heavy atom. The van der Waals surface area contributed by atoms with Gasteiger partial charge in [0.05, 0.1) is 10.9 Å². The molecule has 0 amide bonds. The standard InChI is InChI=1S/C13H8N2O3/c16-12-9-7-8(13(17)18)4-5-10(9)14-15-6-2-1-3-11(12)15/h1-7H,(H-,14,16,17,18)/p+1. The summed E-state index contributed by atoms with van der Waals surface area (Å²) in [6, 6.07) is 9.71. The van der Waals surface area contributed by atoms with E-state index in [9.17, 15) is 9.59 Å². The first-order chi connectivity index (χ1) is 8.66. The Balaban J connectivity index is 2.49. The average molecular weight is 241 g/mol. The van der Waals surface area contributed by atoms with Gasteiger partial charge in [0.1, 0.15) is 5.52 Å². The van der Waals surface area contributed by atoms with Gasteiger partial charge in [0, 0.05) is 12.1 Å². The Bertz CT molecular complexity index is 836. The molecule has 5 heteroatoms. The molecule has 2 heterocycles. The van der Waals surface area contributed by atoms with E-state index < -0.39 is 5.97 Å². The van der Waals surface area contributed by atoms with E-state index in [0.717, 1.165) is 0 Å². The van der Waals surface area contributed by atoms with Crippen LogP contribution in [0.15, 0.2) is 47.4 Å². The summed E-state index contributed by atoms with van der Waals surface area (Å²) in [6.07, 6.45) is 1.74. The van der Waals surface area contributed by atoms with Crippen LogP contribution in [-0.4, -0.2) is 16.2 Å². The quantitative estimate of drug-likeness (QED) is 0.492. The number of H-pyrrole nitrogens is 1. The third-order valence-electron chi connectivity index (χ3n) is 2.84. The van der Waals surface area contributed by atoms with E-state index in [4.69, 9.17) is 5.11 Å². The van der Waals surface area contributed by atoms with Gasteiger partial charge in [0.15, 0.2) is 0 Å². The molecule has 88 valence electrons. The highest BCUT2D eigenvalue weighted by Gasteiger charge is 2.13. The van der Waals surface area contributed by atoms with Crippen LogP contribution in [0, 0.1) is 0 Å². The number of hydrogen-bond donors (Lipinski definition) is 2. The molecular formula is C13H9N2O3+. The van der Waals surface area contributed by atoms with Crippen molar-refractivity contribution in [1.82, 2.24) is 5.10 Å². The summed E-state index contributed by atoms with van der Waals surface area (Å²) in [7, 11) is 0. The van der Waals surface area contributed by atoms with E-state index in [1.807, 2.05) is 0 Å². The Hall–Kier alpha value is -2.69. The number of aromatic amines is 1. The summed E-state index contributed by atoms with van der Waals surface area (Å²) in [5.41, 5.74) is 1.00. The Morgan fingerprint density at radius 3 is 2.83 bits per heavy atom. The lowest BCUT2D eigenvalue weighted by Crippen LogP contribution is -2.32. The molecule has 0 saturated heterocycles. The van der Waals surface area contributed by atoms with Crippen LogP contribution in [-0.2, 0) is 0 Å². The third-order valence-corrected chi connectivity index (χ3v) is 2.84. The van der Waals surface area contributed by atoms with Gasteiger partial charge in [-0.1, -0.05) is 4.52 Å². The monoisotopic (exact) mass is 241 g/mol. The molecule has 18 heavy (non-hydrogen) atoms. The van der Waals surface area contributed by atoms with Crippen molar-refractivity contribution in [3.05, 3.63) is 58.4 Å². The number of carboxylic acids is 1. The van der Waals surface area contributed by atoms with Gasteiger partial charge in [-0.15, -0.1) is 0 Å². The van der Waals surface area contributed by atoms with Crippen LogP contribution in [0.1, 0.15) is 10.4 Å². The lowest BCUT2D eigenvalue weighted by molar-refractivity contribution is -0.578. The van der Waals surface area contributed by atoms with E-state index in [2.05, 4.69) is 5.10 Å². The Kier molecular flexibility index (Phi) is 2.13. The van der Waals surface area contributed by atoms with Crippen molar-refractivity contribution in [2.24, 2.45) is 0 Å². The summed E-state index contributed by atoms with van der Waals surface area (Å²) >= 11 is 0. The zero-order chi connectivity index (χ0) is 12.7. The van der Waals surface area contributed by atoms with Crippen LogP contribution < -0.4 is 9.94 Å². The van der Waals surface area contributed by atoms with Crippen LogP contribution in [0.5, 0.6) is 0 Å². The van der Waals surface area contributed by atoms with Crippen LogP contribution >= 0.6 is 0 Å².